The lowest BCUT2D eigenvalue weighted by atomic mass is 10.1. The van der Waals surface area contributed by atoms with E-state index < -0.39 is 12.7 Å². The van der Waals surface area contributed by atoms with Crippen molar-refractivity contribution in [3.63, 3.8) is 0 Å². The molecule has 2 unspecified atom stereocenters. The maximum atomic E-state index is 12.5. The number of guanidine groups is 1. The molecule has 1 aromatic carbocycles. The molecule has 1 fully saturated rings. The van der Waals surface area contributed by atoms with E-state index in [1.807, 2.05) is 37.3 Å². The van der Waals surface area contributed by atoms with Gasteiger partial charge >= 0.3 is 6.18 Å². The van der Waals surface area contributed by atoms with Crippen molar-refractivity contribution in [2.24, 2.45) is 10.9 Å². The van der Waals surface area contributed by atoms with E-state index in [-0.39, 0.29) is 36.0 Å². The second-order valence-electron chi connectivity index (χ2n) is 7.16. The molecule has 0 amide bonds. The van der Waals surface area contributed by atoms with Crippen molar-refractivity contribution in [3.8, 4) is 0 Å². The predicted octanol–water partition coefficient (Wildman–Crippen LogP) is 3.82. The molecule has 2 N–H and O–H groups in total. The molecule has 1 heterocycles. The van der Waals surface area contributed by atoms with Gasteiger partial charge in [-0.1, -0.05) is 30.3 Å². The number of nitrogens with one attached hydrogen (secondary N) is 2. The zero-order valence-corrected chi connectivity index (χ0v) is 19.4. The van der Waals surface area contributed by atoms with Gasteiger partial charge in [0.2, 0.25) is 0 Å². The van der Waals surface area contributed by atoms with Gasteiger partial charge in [0.05, 0.1) is 12.6 Å². The molecule has 0 aromatic heterocycles. The molecule has 166 valence electrons. The summed E-state index contributed by atoms with van der Waals surface area (Å²) >= 11 is 0. The standard InChI is InChI=1S/C20H31F3N4O.HI/c1-16(18-7-4-3-5-8-18)28-12-6-10-25-19(24-2)26-13-17-9-11-27(14-17)15-20(21,22)23;/h3-5,7-8,16-17H,6,9-15H2,1-2H3,(H2,24,25,26);1H. The summed E-state index contributed by atoms with van der Waals surface area (Å²) in [4.78, 5) is 5.63. The minimum Gasteiger partial charge on any atom is -0.374 e. The van der Waals surface area contributed by atoms with Crippen LogP contribution in [0.1, 0.15) is 31.4 Å². The monoisotopic (exact) mass is 528 g/mol. The van der Waals surface area contributed by atoms with Gasteiger partial charge in [0.15, 0.2) is 5.96 Å². The third-order valence-corrected chi connectivity index (χ3v) is 4.81. The highest BCUT2D eigenvalue weighted by atomic mass is 127. The van der Waals surface area contributed by atoms with Crippen LogP contribution in [-0.2, 0) is 4.74 Å². The molecule has 5 nitrogen and oxygen atoms in total. The van der Waals surface area contributed by atoms with Crippen LogP contribution in [0.5, 0.6) is 0 Å². The van der Waals surface area contributed by atoms with Crippen LogP contribution in [0.2, 0.25) is 0 Å². The van der Waals surface area contributed by atoms with E-state index >= 15 is 0 Å². The minimum absolute atomic E-state index is 0. The van der Waals surface area contributed by atoms with Crippen LogP contribution in [-0.4, -0.2) is 63.4 Å². The molecule has 0 spiro atoms. The van der Waals surface area contributed by atoms with Crippen molar-refractivity contribution in [1.29, 1.82) is 0 Å². The van der Waals surface area contributed by atoms with Gasteiger partial charge in [-0.3, -0.25) is 9.89 Å². The number of likely N-dealkylation sites (tertiary alicyclic amines) is 1. The smallest absolute Gasteiger partial charge is 0.374 e. The second-order valence-corrected chi connectivity index (χ2v) is 7.16. The summed E-state index contributed by atoms with van der Waals surface area (Å²) in [5, 5.41) is 6.43. The van der Waals surface area contributed by atoms with Crippen molar-refractivity contribution >= 4 is 29.9 Å². The van der Waals surface area contributed by atoms with Crippen molar-refractivity contribution in [1.82, 2.24) is 15.5 Å². The highest BCUT2D eigenvalue weighted by molar-refractivity contribution is 14.0. The average Bonchev–Trinajstić information content (AvgIpc) is 3.10. The fourth-order valence-electron chi connectivity index (χ4n) is 3.30. The van der Waals surface area contributed by atoms with Gasteiger partial charge in [-0.15, -0.1) is 24.0 Å². The van der Waals surface area contributed by atoms with Gasteiger partial charge in [-0.05, 0) is 37.8 Å². The molecule has 1 aliphatic heterocycles. The number of aliphatic imine (C=N–C) groups is 1. The quantitative estimate of drug-likeness (QED) is 0.222. The molecule has 0 aliphatic carbocycles. The highest BCUT2D eigenvalue weighted by Crippen LogP contribution is 2.22. The lowest BCUT2D eigenvalue weighted by molar-refractivity contribution is -0.143. The molecule has 2 rings (SSSR count). The summed E-state index contributed by atoms with van der Waals surface area (Å²) in [6.45, 7) is 4.14. The first-order valence-corrected chi connectivity index (χ1v) is 9.77. The molecule has 2 atom stereocenters. The number of ether oxygens (including phenoxy) is 1. The molecule has 1 aliphatic rings. The van der Waals surface area contributed by atoms with Gasteiger partial charge < -0.3 is 15.4 Å². The Kier molecular flexibility index (Phi) is 11.9. The van der Waals surface area contributed by atoms with Crippen LogP contribution < -0.4 is 10.6 Å². The summed E-state index contributed by atoms with van der Waals surface area (Å²) in [6.07, 6.45) is -2.47. The van der Waals surface area contributed by atoms with Gasteiger partial charge in [0, 0.05) is 33.3 Å². The van der Waals surface area contributed by atoms with Crippen molar-refractivity contribution in [2.45, 2.75) is 32.0 Å². The first-order valence-electron chi connectivity index (χ1n) is 9.77. The Hall–Kier alpha value is -1.07. The Morgan fingerprint density at radius 1 is 1.28 bits per heavy atom. The van der Waals surface area contributed by atoms with Crippen LogP contribution in [0.15, 0.2) is 35.3 Å². The first kappa shape index (κ1) is 26.0. The molecule has 1 aromatic rings. The van der Waals surface area contributed by atoms with E-state index in [1.54, 1.807) is 7.05 Å². The molecule has 9 heteroatoms. The number of benzene rings is 1. The normalized spacial score (nSPS) is 18.9. The summed E-state index contributed by atoms with van der Waals surface area (Å²) in [6, 6.07) is 10.1. The number of alkyl halides is 3. The van der Waals surface area contributed by atoms with E-state index in [4.69, 9.17) is 4.74 Å². The number of nitrogens with zero attached hydrogens (tertiary/aromatic N) is 2. The van der Waals surface area contributed by atoms with Crippen molar-refractivity contribution < 1.29 is 17.9 Å². The summed E-state index contributed by atoms with van der Waals surface area (Å²) in [5.74, 6) is 0.876. The Labute approximate surface area is 188 Å². The van der Waals surface area contributed by atoms with E-state index in [1.165, 1.54) is 4.90 Å². The van der Waals surface area contributed by atoms with E-state index in [9.17, 15) is 13.2 Å². The fourth-order valence-corrected chi connectivity index (χ4v) is 3.30. The lowest BCUT2D eigenvalue weighted by Crippen LogP contribution is -2.41. The Morgan fingerprint density at radius 3 is 2.66 bits per heavy atom. The Morgan fingerprint density at radius 2 is 2.00 bits per heavy atom. The summed E-state index contributed by atoms with van der Waals surface area (Å²) < 4.78 is 43.2. The number of hydrogen-bond donors (Lipinski definition) is 2. The summed E-state index contributed by atoms with van der Waals surface area (Å²) in [5.41, 5.74) is 1.16. The SMILES string of the molecule is CN=C(NCCCOC(C)c1ccccc1)NCC1CCN(CC(F)(F)F)C1.I. The molecule has 0 bridgehead atoms. The van der Waals surface area contributed by atoms with Crippen LogP contribution in [0, 0.1) is 5.92 Å². The lowest BCUT2D eigenvalue weighted by Gasteiger charge is -2.19. The predicted molar refractivity (Wildman–Crippen MR) is 121 cm³/mol. The first-order chi connectivity index (χ1) is 13.4. The van der Waals surface area contributed by atoms with E-state index in [0.717, 1.165) is 18.4 Å². The molecule has 0 saturated carbocycles. The van der Waals surface area contributed by atoms with Crippen molar-refractivity contribution in [2.75, 3.05) is 46.4 Å². The van der Waals surface area contributed by atoms with Crippen LogP contribution in [0.4, 0.5) is 13.2 Å². The average molecular weight is 528 g/mol. The maximum absolute atomic E-state index is 12.5. The fraction of sp³-hybridized carbons (Fsp3) is 0.650. The largest absolute Gasteiger partial charge is 0.401 e. The zero-order chi connectivity index (χ0) is 20.4. The Bertz CT molecular complexity index is 601. The number of hydrogen-bond acceptors (Lipinski definition) is 3. The van der Waals surface area contributed by atoms with Gasteiger partial charge in [-0.2, -0.15) is 13.2 Å². The van der Waals surface area contributed by atoms with Crippen LogP contribution in [0.25, 0.3) is 0 Å². The number of halogens is 4. The highest BCUT2D eigenvalue weighted by Gasteiger charge is 2.34. The molecule has 1 saturated heterocycles. The molecule has 29 heavy (non-hydrogen) atoms. The van der Waals surface area contributed by atoms with Crippen LogP contribution >= 0.6 is 24.0 Å². The zero-order valence-electron chi connectivity index (χ0n) is 17.0. The third-order valence-electron chi connectivity index (χ3n) is 4.81. The number of rotatable bonds is 9. The van der Waals surface area contributed by atoms with E-state index in [2.05, 4.69) is 15.6 Å². The van der Waals surface area contributed by atoms with E-state index in [0.29, 0.717) is 38.7 Å². The molecular weight excluding hydrogens is 496 g/mol. The van der Waals surface area contributed by atoms with Crippen molar-refractivity contribution in [3.05, 3.63) is 35.9 Å². The summed E-state index contributed by atoms with van der Waals surface area (Å²) in [7, 11) is 1.69. The topological polar surface area (TPSA) is 48.9 Å². The third kappa shape index (κ3) is 10.5. The minimum atomic E-state index is -4.13. The van der Waals surface area contributed by atoms with Gasteiger partial charge in [-0.25, -0.2) is 0 Å². The van der Waals surface area contributed by atoms with Gasteiger partial charge in [0.25, 0.3) is 0 Å². The molecular formula is C20H32F3IN4O. The van der Waals surface area contributed by atoms with Crippen LogP contribution in [0.3, 0.4) is 0 Å². The maximum Gasteiger partial charge on any atom is 0.401 e. The molecule has 0 radical (unpaired) electrons. The van der Waals surface area contributed by atoms with Gasteiger partial charge in [0.1, 0.15) is 0 Å². The second kappa shape index (κ2) is 13.3. The Balaban J connectivity index is 0.00000420.